The number of carbonyl (C=O) groups excluding carboxylic acids is 1. The Morgan fingerprint density at radius 2 is 2.04 bits per heavy atom. The van der Waals surface area contributed by atoms with E-state index in [1.165, 1.54) is 16.7 Å². The van der Waals surface area contributed by atoms with Crippen molar-refractivity contribution in [3.8, 4) is 11.8 Å². The number of ether oxygens (including phenoxy) is 1. The van der Waals surface area contributed by atoms with Crippen LogP contribution in [-0.4, -0.2) is 18.9 Å². The Balaban J connectivity index is 2.09. The van der Waals surface area contributed by atoms with Crippen molar-refractivity contribution in [3.05, 3.63) is 53.1 Å². The molecule has 0 saturated carbocycles. The highest BCUT2D eigenvalue weighted by Crippen LogP contribution is 2.41. The molecule has 1 aliphatic rings. The van der Waals surface area contributed by atoms with Crippen LogP contribution in [0.4, 0.5) is 18.9 Å². The lowest BCUT2D eigenvalue weighted by atomic mass is 10.0. The molecule has 0 fully saturated rings. The standard InChI is InChI=1S/C17H11F3N2O2S/c1-24-15-11(8-21)6-10(7-12(15)17(18,19)20)16(23)22-9-25-14-5-3-2-4-13(14)22/h2-7H,9H2,1H3. The van der Waals surface area contributed by atoms with E-state index in [2.05, 4.69) is 0 Å². The highest BCUT2D eigenvalue weighted by Gasteiger charge is 2.37. The number of alkyl halides is 3. The number of fused-ring (bicyclic) bond motifs is 1. The largest absolute Gasteiger partial charge is 0.495 e. The summed E-state index contributed by atoms with van der Waals surface area (Å²) in [5.74, 6) is -0.877. The van der Waals surface area contributed by atoms with Crippen molar-refractivity contribution in [1.29, 1.82) is 5.26 Å². The number of nitrogens with zero attached hydrogens (tertiary/aromatic N) is 2. The number of anilines is 1. The lowest BCUT2D eigenvalue weighted by Crippen LogP contribution is -2.28. The van der Waals surface area contributed by atoms with E-state index in [1.54, 1.807) is 18.2 Å². The zero-order valence-electron chi connectivity index (χ0n) is 12.9. The number of carbonyl (C=O) groups is 1. The zero-order chi connectivity index (χ0) is 18.2. The lowest BCUT2D eigenvalue weighted by molar-refractivity contribution is -0.138. The summed E-state index contributed by atoms with van der Waals surface area (Å²) in [6.07, 6.45) is -4.75. The Labute approximate surface area is 145 Å². The van der Waals surface area contributed by atoms with Crippen LogP contribution in [0.2, 0.25) is 0 Å². The Kier molecular flexibility index (Phi) is 4.35. The summed E-state index contributed by atoms with van der Waals surface area (Å²) in [4.78, 5) is 15.0. The maximum absolute atomic E-state index is 13.3. The first-order valence-electron chi connectivity index (χ1n) is 7.10. The fraction of sp³-hybridized carbons (Fsp3) is 0.176. The van der Waals surface area contributed by atoms with Gasteiger partial charge in [0, 0.05) is 10.5 Å². The maximum Gasteiger partial charge on any atom is 0.420 e. The average molecular weight is 364 g/mol. The minimum atomic E-state index is -4.75. The lowest BCUT2D eigenvalue weighted by Gasteiger charge is -2.19. The van der Waals surface area contributed by atoms with Crippen molar-refractivity contribution in [1.82, 2.24) is 0 Å². The highest BCUT2D eigenvalue weighted by molar-refractivity contribution is 8.00. The summed E-state index contributed by atoms with van der Waals surface area (Å²) in [7, 11) is 1.06. The van der Waals surface area contributed by atoms with Gasteiger partial charge in [-0.15, -0.1) is 11.8 Å². The van der Waals surface area contributed by atoms with Gasteiger partial charge in [-0.05, 0) is 24.3 Å². The van der Waals surface area contributed by atoms with Crippen LogP contribution in [0.25, 0.3) is 0 Å². The molecule has 1 amide bonds. The van der Waals surface area contributed by atoms with Crippen LogP contribution in [0, 0.1) is 11.3 Å². The second kappa shape index (κ2) is 6.33. The van der Waals surface area contributed by atoms with E-state index in [0.29, 0.717) is 11.6 Å². The molecular formula is C17H11F3N2O2S. The van der Waals surface area contributed by atoms with Gasteiger partial charge in [0.05, 0.1) is 29.8 Å². The quantitative estimate of drug-likeness (QED) is 0.797. The van der Waals surface area contributed by atoms with Crippen LogP contribution in [-0.2, 0) is 6.18 Å². The first-order valence-corrected chi connectivity index (χ1v) is 8.08. The molecule has 0 bridgehead atoms. The Morgan fingerprint density at radius 1 is 1.32 bits per heavy atom. The number of methoxy groups -OCH3 is 1. The van der Waals surface area contributed by atoms with Crippen LogP contribution in [0.3, 0.4) is 0 Å². The summed E-state index contributed by atoms with van der Waals surface area (Å²) in [6, 6.07) is 10.7. The zero-order valence-corrected chi connectivity index (χ0v) is 13.7. The fourth-order valence-electron chi connectivity index (χ4n) is 2.60. The van der Waals surface area contributed by atoms with Gasteiger partial charge in [0.2, 0.25) is 0 Å². The van der Waals surface area contributed by atoms with Gasteiger partial charge >= 0.3 is 6.18 Å². The molecule has 2 aromatic carbocycles. The molecule has 0 unspecified atom stereocenters. The molecule has 8 heteroatoms. The van der Waals surface area contributed by atoms with Gasteiger partial charge in [0.1, 0.15) is 11.8 Å². The third kappa shape index (κ3) is 3.03. The minimum absolute atomic E-state index is 0.207. The number of amides is 1. The number of thioether (sulfide) groups is 1. The van der Waals surface area contributed by atoms with E-state index in [0.717, 1.165) is 24.1 Å². The van der Waals surface area contributed by atoms with E-state index in [1.807, 2.05) is 12.1 Å². The summed E-state index contributed by atoms with van der Waals surface area (Å²) in [5, 5.41) is 9.14. The molecule has 0 atom stereocenters. The summed E-state index contributed by atoms with van der Waals surface area (Å²) in [6.45, 7) is 0. The van der Waals surface area contributed by atoms with Crippen LogP contribution >= 0.6 is 11.8 Å². The first-order chi connectivity index (χ1) is 11.9. The van der Waals surface area contributed by atoms with Gasteiger partial charge in [-0.1, -0.05) is 12.1 Å². The molecule has 4 nitrogen and oxygen atoms in total. The van der Waals surface area contributed by atoms with E-state index in [9.17, 15) is 18.0 Å². The Morgan fingerprint density at radius 3 is 2.68 bits per heavy atom. The van der Waals surface area contributed by atoms with Gasteiger partial charge in [-0.3, -0.25) is 9.69 Å². The van der Waals surface area contributed by atoms with Crippen LogP contribution in [0.15, 0.2) is 41.3 Å². The van der Waals surface area contributed by atoms with Crippen molar-refractivity contribution in [2.75, 3.05) is 17.9 Å². The summed E-state index contributed by atoms with van der Waals surface area (Å²) in [5.41, 5.74) is -1.04. The number of nitriles is 1. The molecule has 0 aliphatic carbocycles. The van der Waals surface area contributed by atoms with Crippen LogP contribution in [0.1, 0.15) is 21.5 Å². The third-order valence-corrected chi connectivity index (χ3v) is 4.76. The monoisotopic (exact) mass is 364 g/mol. The SMILES string of the molecule is COc1c(C#N)cc(C(=O)N2CSc3ccccc32)cc1C(F)(F)F. The van der Waals surface area contributed by atoms with Gasteiger partial charge in [-0.2, -0.15) is 18.4 Å². The molecule has 0 aromatic heterocycles. The van der Waals surface area contributed by atoms with Gasteiger partial charge < -0.3 is 4.74 Å². The number of para-hydroxylation sites is 1. The third-order valence-electron chi connectivity index (χ3n) is 3.72. The van der Waals surface area contributed by atoms with E-state index < -0.39 is 23.4 Å². The van der Waals surface area contributed by atoms with E-state index in [-0.39, 0.29) is 11.1 Å². The number of halogens is 3. The molecule has 3 rings (SSSR count). The number of benzene rings is 2. The van der Waals surface area contributed by atoms with Crippen LogP contribution in [0.5, 0.6) is 5.75 Å². The van der Waals surface area contributed by atoms with Crippen LogP contribution < -0.4 is 9.64 Å². The highest BCUT2D eigenvalue weighted by atomic mass is 32.2. The molecule has 0 radical (unpaired) electrons. The fourth-order valence-corrected chi connectivity index (χ4v) is 3.62. The molecule has 1 aliphatic heterocycles. The number of hydrogen-bond acceptors (Lipinski definition) is 4. The van der Waals surface area contributed by atoms with Crippen molar-refractivity contribution in [2.24, 2.45) is 0 Å². The first kappa shape index (κ1) is 17.2. The second-order valence-electron chi connectivity index (χ2n) is 5.19. The maximum atomic E-state index is 13.3. The number of hydrogen-bond donors (Lipinski definition) is 0. The number of rotatable bonds is 2. The molecular weight excluding hydrogens is 353 g/mol. The van der Waals surface area contributed by atoms with Gasteiger partial charge in [0.25, 0.3) is 5.91 Å². The Hall–Kier alpha value is -2.66. The normalized spacial score (nSPS) is 13.3. The molecule has 0 saturated heterocycles. The van der Waals surface area contributed by atoms with E-state index in [4.69, 9.17) is 10.00 Å². The van der Waals surface area contributed by atoms with E-state index >= 15 is 0 Å². The van der Waals surface area contributed by atoms with Crippen molar-refractivity contribution >= 4 is 23.4 Å². The average Bonchev–Trinajstić information content (AvgIpc) is 3.03. The predicted molar refractivity (Wildman–Crippen MR) is 86.7 cm³/mol. The van der Waals surface area contributed by atoms with Crippen molar-refractivity contribution < 1.29 is 22.7 Å². The van der Waals surface area contributed by atoms with Crippen molar-refractivity contribution in [2.45, 2.75) is 11.1 Å². The predicted octanol–water partition coefficient (Wildman–Crippen LogP) is 4.30. The van der Waals surface area contributed by atoms with Gasteiger partial charge in [-0.25, -0.2) is 0 Å². The molecule has 0 N–H and O–H groups in total. The summed E-state index contributed by atoms with van der Waals surface area (Å²) >= 11 is 1.42. The minimum Gasteiger partial charge on any atom is -0.495 e. The van der Waals surface area contributed by atoms with Gasteiger partial charge in [0.15, 0.2) is 0 Å². The Bertz CT molecular complexity index is 890. The molecule has 1 heterocycles. The molecule has 25 heavy (non-hydrogen) atoms. The smallest absolute Gasteiger partial charge is 0.420 e. The second-order valence-corrected chi connectivity index (χ2v) is 6.18. The summed E-state index contributed by atoms with van der Waals surface area (Å²) < 4.78 is 44.6. The molecule has 0 spiro atoms. The topological polar surface area (TPSA) is 53.3 Å². The molecule has 2 aromatic rings. The molecule has 128 valence electrons. The van der Waals surface area contributed by atoms with Crippen molar-refractivity contribution in [3.63, 3.8) is 0 Å².